The lowest BCUT2D eigenvalue weighted by Gasteiger charge is -2.25. The number of fused-ring (bicyclic) bond motifs is 1. The normalized spacial score (nSPS) is 13.4. The molecular weight excluding hydrogens is 482 g/mol. The van der Waals surface area contributed by atoms with E-state index in [1.165, 1.54) is 12.1 Å². The zero-order chi connectivity index (χ0) is 25.5. The number of aliphatic hydroxyl groups is 1. The van der Waals surface area contributed by atoms with Crippen molar-refractivity contribution in [3.63, 3.8) is 0 Å². The van der Waals surface area contributed by atoms with Gasteiger partial charge in [-0.2, -0.15) is 9.55 Å². The molecule has 0 aliphatic rings. The number of alkyl halides is 2. The van der Waals surface area contributed by atoms with E-state index in [2.05, 4.69) is 21.3 Å². The van der Waals surface area contributed by atoms with Gasteiger partial charge < -0.3 is 5.11 Å². The number of pyridine rings is 2. The summed E-state index contributed by atoms with van der Waals surface area (Å²) in [5, 5.41) is 13.2. The van der Waals surface area contributed by atoms with E-state index in [1.54, 1.807) is 78.7 Å². The van der Waals surface area contributed by atoms with Gasteiger partial charge in [-0.15, -0.1) is 0 Å². The quantitative estimate of drug-likeness (QED) is 0.354. The topological polar surface area (TPSA) is 65.0 Å². The highest BCUT2D eigenvalue weighted by Gasteiger charge is 2.42. The molecule has 0 amide bonds. The summed E-state index contributed by atoms with van der Waals surface area (Å²) in [7, 11) is 1.75. The number of aromatic nitrogens is 4. The number of halogens is 3. The van der Waals surface area contributed by atoms with Crippen molar-refractivity contribution in [3.8, 4) is 0 Å². The summed E-state index contributed by atoms with van der Waals surface area (Å²) in [6.07, 6.45) is 8.09. The molecule has 5 nitrogen and oxygen atoms in total. The molecule has 1 unspecified atom stereocenters. The fourth-order valence-electron chi connectivity index (χ4n) is 4.34. The predicted octanol–water partition coefficient (Wildman–Crippen LogP) is 5.01. The van der Waals surface area contributed by atoms with Crippen molar-refractivity contribution in [1.29, 1.82) is 0 Å². The third-order valence-electron chi connectivity index (χ3n) is 6.31. The molecule has 0 radical (unpaired) electrons. The fraction of sp³-hybridized carbons (Fsp3) is 0.179. The van der Waals surface area contributed by atoms with Gasteiger partial charge in [-0.3, -0.25) is 9.97 Å². The zero-order valence-electron chi connectivity index (χ0n) is 19.6. The van der Waals surface area contributed by atoms with Gasteiger partial charge in [-0.25, -0.2) is 8.78 Å². The van der Waals surface area contributed by atoms with Gasteiger partial charge >= 0.3 is 6.33 Å². The standard InChI is InChI=1S/C28H22ClF2N4O/c1-27(30,31)20-8-6-18(7-9-20)13-19-15-34-23-11-10-21(14-22(23)26(19)29)28(36,24-5-3-4-12-33-24)25-16-32-17-35(25)2/h3-12,14-16,36H,13H2,1-2H3/q+1. The van der Waals surface area contributed by atoms with Gasteiger partial charge in [-0.1, -0.05) is 48.0 Å². The molecule has 0 aliphatic carbocycles. The molecule has 0 aliphatic heterocycles. The van der Waals surface area contributed by atoms with Crippen LogP contribution in [0.15, 0.2) is 79.3 Å². The Hall–Kier alpha value is -3.86. The highest BCUT2D eigenvalue weighted by Crippen LogP contribution is 2.38. The maximum absolute atomic E-state index is 13.6. The summed E-state index contributed by atoms with van der Waals surface area (Å²) in [5.41, 5.74) is 2.04. The molecule has 5 rings (SSSR count). The first-order chi connectivity index (χ1) is 17.2. The second-order valence-electron chi connectivity index (χ2n) is 8.82. The van der Waals surface area contributed by atoms with Crippen molar-refractivity contribution >= 4 is 22.5 Å². The first-order valence-electron chi connectivity index (χ1n) is 11.3. The molecule has 1 N–H and O–H groups in total. The summed E-state index contributed by atoms with van der Waals surface area (Å²) in [6, 6.07) is 16.9. The number of benzene rings is 2. The third-order valence-corrected chi connectivity index (χ3v) is 6.76. The van der Waals surface area contributed by atoms with Crippen molar-refractivity contribution in [2.45, 2.75) is 24.9 Å². The summed E-state index contributed by atoms with van der Waals surface area (Å²) in [6.45, 7) is 0.874. The van der Waals surface area contributed by atoms with Crippen LogP contribution in [-0.4, -0.2) is 19.6 Å². The van der Waals surface area contributed by atoms with Crippen molar-refractivity contribution < 1.29 is 18.9 Å². The molecule has 0 bridgehead atoms. The lowest BCUT2D eigenvalue weighted by atomic mass is 9.86. The molecule has 0 fully saturated rings. The highest BCUT2D eigenvalue weighted by molar-refractivity contribution is 6.36. The molecule has 3 heterocycles. The molecule has 180 valence electrons. The molecule has 8 heteroatoms. The fourth-order valence-corrected chi connectivity index (χ4v) is 4.61. The van der Waals surface area contributed by atoms with Crippen LogP contribution in [0.4, 0.5) is 8.78 Å². The van der Waals surface area contributed by atoms with Crippen LogP contribution < -0.4 is 4.98 Å². The van der Waals surface area contributed by atoms with Crippen LogP contribution in [0.3, 0.4) is 0 Å². The second kappa shape index (κ2) is 8.98. The van der Waals surface area contributed by atoms with Gasteiger partial charge in [0.1, 0.15) is 0 Å². The van der Waals surface area contributed by atoms with Crippen LogP contribution in [0.2, 0.25) is 5.02 Å². The lowest BCUT2D eigenvalue weighted by Crippen LogP contribution is -2.32. The van der Waals surface area contributed by atoms with Gasteiger partial charge in [0.2, 0.25) is 11.9 Å². The molecule has 0 saturated heterocycles. The summed E-state index contributed by atoms with van der Waals surface area (Å²) in [5.74, 6) is -2.90. The van der Waals surface area contributed by atoms with Crippen LogP contribution in [0, 0.1) is 6.33 Å². The first kappa shape index (κ1) is 23.9. The molecule has 1 atom stereocenters. The molecule has 2 aromatic carbocycles. The molecule has 3 aromatic heterocycles. The lowest BCUT2D eigenvalue weighted by molar-refractivity contribution is -0.293. The van der Waals surface area contributed by atoms with E-state index in [1.807, 2.05) is 0 Å². The Morgan fingerprint density at radius 2 is 1.81 bits per heavy atom. The van der Waals surface area contributed by atoms with Gasteiger partial charge in [0.05, 0.1) is 23.3 Å². The van der Waals surface area contributed by atoms with Crippen molar-refractivity contribution in [2.24, 2.45) is 7.05 Å². The molecular formula is C28H22ClF2N4O+. The van der Waals surface area contributed by atoms with E-state index in [4.69, 9.17) is 11.6 Å². The number of hydrogen-bond acceptors (Lipinski definition) is 3. The van der Waals surface area contributed by atoms with Crippen LogP contribution >= 0.6 is 11.6 Å². The Labute approximate surface area is 212 Å². The van der Waals surface area contributed by atoms with E-state index in [-0.39, 0.29) is 5.56 Å². The summed E-state index contributed by atoms with van der Waals surface area (Å²) >= 11 is 6.84. The molecule has 0 saturated carbocycles. The number of rotatable bonds is 6. The zero-order valence-corrected chi connectivity index (χ0v) is 20.3. The van der Waals surface area contributed by atoms with E-state index in [0.29, 0.717) is 39.3 Å². The highest BCUT2D eigenvalue weighted by atomic mass is 35.5. The maximum atomic E-state index is 13.6. The van der Waals surface area contributed by atoms with E-state index in [9.17, 15) is 13.9 Å². The van der Waals surface area contributed by atoms with Crippen molar-refractivity contribution in [2.75, 3.05) is 0 Å². The Morgan fingerprint density at radius 3 is 2.44 bits per heavy atom. The number of nitrogens with zero attached hydrogens (tertiary/aromatic N) is 4. The van der Waals surface area contributed by atoms with Gasteiger partial charge in [0, 0.05) is 36.7 Å². The smallest absolute Gasteiger partial charge is 0.371 e. The SMILES string of the molecule is Cn1c#[n+]cc1C(O)(c1ccc2ncc(Cc3ccc(C(C)(F)F)cc3)c(Cl)c2c1)c1ccccn1. The van der Waals surface area contributed by atoms with Gasteiger partial charge in [-0.05, 0) is 41.0 Å². The van der Waals surface area contributed by atoms with E-state index >= 15 is 0 Å². The Morgan fingerprint density at radius 1 is 1.06 bits per heavy atom. The Kier molecular flexibility index (Phi) is 5.95. The third kappa shape index (κ3) is 4.19. The Balaban J connectivity index is 1.59. The minimum atomic E-state index is -2.90. The van der Waals surface area contributed by atoms with Crippen LogP contribution in [0.25, 0.3) is 10.9 Å². The Bertz CT molecular complexity index is 1530. The van der Waals surface area contributed by atoms with Crippen LogP contribution in [-0.2, 0) is 25.0 Å². The van der Waals surface area contributed by atoms with Crippen LogP contribution in [0.5, 0.6) is 0 Å². The molecule has 0 spiro atoms. The minimum Gasteiger partial charge on any atom is -0.371 e. The van der Waals surface area contributed by atoms with Crippen molar-refractivity contribution in [3.05, 3.63) is 124 Å². The van der Waals surface area contributed by atoms with E-state index in [0.717, 1.165) is 18.1 Å². The predicted molar refractivity (Wildman–Crippen MR) is 132 cm³/mol. The van der Waals surface area contributed by atoms with Gasteiger partial charge in [0.25, 0.3) is 5.92 Å². The summed E-state index contributed by atoms with van der Waals surface area (Å²) < 4.78 is 28.8. The monoisotopic (exact) mass is 503 g/mol. The average Bonchev–Trinajstić information content (AvgIpc) is 3.32. The van der Waals surface area contributed by atoms with E-state index < -0.39 is 11.5 Å². The first-order valence-corrected chi connectivity index (χ1v) is 11.6. The largest absolute Gasteiger partial charge is 0.382 e. The molecule has 5 aromatic rings. The average molecular weight is 504 g/mol. The minimum absolute atomic E-state index is 0.0418. The van der Waals surface area contributed by atoms with Crippen LogP contribution in [0.1, 0.15) is 40.6 Å². The number of hydrogen-bond donors (Lipinski definition) is 1. The summed E-state index contributed by atoms with van der Waals surface area (Å²) in [4.78, 5) is 13.0. The maximum Gasteiger partial charge on any atom is 0.382 e. The molecule has 36 heavy (non-hydrogen) atoms. The second-order valence-corrected chi connectivity index (χ2v) is 9.20. The van der Waals surface area contributed by atoms with Gasteiger partial charge in [0.15, 0.2) is 5.60 Å². The van der Waals surface area contributed by atoms with Crippen molar-refractivity contribution in [1.82, 2.24) is 14.5 Å².